The first-order valence-corrected chi connectivity index (χ1v) is 8.74. The number of fused-ring (bicyclic) bond motifs is 1. The number of benzene rings is 1. The third-order valence-corrected chi connectivity index (χ3v) is 4.87. The molecule has 0 N–H and O–H groups in total. The van der Waals surface area contributed by atoms with Crippen molar-refractivity contribution in [1.29, 1.82) is 0 Å². The summed E-state index contributed by atoms with van der Waals surface area (Å²) >= 11 is 1.72. The van der Waals surface area contributed by atoms with E-state index in [1.165, 1.54) is 0 Å². The molecule has 126 valence electrons. The fraction of sp³-hybridized carbons (Fsp3) is 0.353. The molecule has 1 amide bonds. The van der Waals surface area contributed by atoms with Crippen LogP contribution in [0.15, 0.2) is 33.7 Å². The fourth-order valence-corrected chi connectivity index (χ4v) is 3.62. The Morgan fingerprint density at radius 2 is 2.17 bits per heavy atom. The minimum absolute atomic E-state index is 0.233. The number of thioether (sulfide) groups is 1. The molecule has 1 aromatic carbocycles. The van der Waals surface area contributed by atoms with E-state index in [-0.39, 0.29) is 12.5 Å². The van der Waals surface area contributed by atoms with E-state index in [0.29, 0.717) is 30.0 Å². The van der Waals surface area contributed by atoms with E-state index in [9.17, 15) is 9.59 Å². The number of carbonyl (C=O) groups is 2. The molecule has 3 rings (SSSR count). The van der Waals surface area contributed by atoms with E-state index in [1.54, 1.807) is 23.6 Å². The molecule has 2 aromatic rings. The van der Waals surface area contributed by atoms with Crippen molar-refractivity contribution in [3.63, 3.8) is 0 Å². The van der Waals surface area contributed by atoms with Gasteiger partial charge in [-0.15, -0.1) is 11.8 Å². The Balaban J connectivity index is 1.68. The van der Waals surface area contributed by atoms with Crippen molar-refractivity contribution < 1.29 is 18.8 Å². The molecule has 0 aliphatic carbocycles. The second-order valence-electron chi connectivity index (χ2n) is 5.35. The lowest BCUT2D eigenvalue weighted by molar-refractivity contribution is -0.121. The highest BCUT2D eigenvalue weighted by Gasteiger charge is 2.25. The van der Waals surface area contributed by atoms with Crippen molar-refractivity contribution in [2.75, 3.05) is 23.8 Å². The van der Waals surface area contributed by atoms with Crippen LogP contribution in [-0.4, -0.2) is 35.9 Å². The van der Waals surface area contributed by atoms with Crippen LogP contribution in [0.3, 0.4) is 0 Å². The first-order valence-electron chi connectivity index (χ1n) is 7.76. The summed E-state index contributed by atoms with van der Waals surface area (Å²) in [6.45, 7) is 3.83. The summed E-state index contributed by atoms with van der Waals surface area (Å²) in [6, 6.07) is 7.73. The van der Waals surface area contributed by atoms with Crippen LogP contribution in [-0.2, 0) is 16.0 Å². The Morgan fingerprint density at radius 1 is 1.38 bits per heavy atom. The van der Waals surface area contributed by atoms with Gasteiger partial charge in [-0.1, -0.05) is 24.2 Å². The van der Waals surface area contributed by atoms with Crippen LogP contribution in [0.25, 0.3) is 0 Å². The summed E-state index contributed by atoms with van der Waals surface area (Å²) in [6.07, 6.45) is 0.562. The lowest BCUT2D eigenvalue weighted by atomic mass is 10.1. The van der Waals surface area contributed by atoms with Crippen molar-refractivity contribution in [3.8, 4) is 0 Å². The Morgan fingerprint density at radius 3 is 2.96 bits per heavy atom. The van der Waals surface area contributed by atoms with E-state index in [2.05, 4.69) is 5.16 Å². The zero-order valence-corrected chi connectivity index (χ0v) is 14.4. The number of nitrogens with zero attached hydrogens (tertiary/aromatic N) is 2. The summed E-state index contributed by atoms with van der Waals surface area (Å²) in [7, 11) is 0. The van der Waals surface area contributed by atoms with Gasteiger partial charge in [-0.2, -0.15) is 0 Å². The van der Waals surface area contributed by atoms with Gasteiger partial charge in [0.25, 0.3) is 5.91 Å². The van der Waals surface area contributed by atoms with Gasteiger partial charge in [0.2, 0.25) is 0 Å². The second-order valence-corrected chi connectivity index (χ2v) is 6.49. The molecule has 0 fully saturated rings. The molecule has 0 spiro atoms. The number of hydrogen-bond acceptors (Lipinski definition) is 6. The normalized spacial score (nSPS) is 13.5. The maximum Gasteiger partial charge on any atom is 0.344 e. The van der Waals surface area contributed by atoms with Gasteiger partial charge in [0.1, 0.15) is 11.3 Å². The van der Waals surface area contributed by atoms with Gasteiger partial charge < -0.3 is 14.2 Å². The van der Waals surface area contributed by atoms with Crippen molar-refractivity contribution in [2.24, 2.45) is 0 Å². The number of ether oxygens (including phenoxy) is 1. The van der Waals surface area contributed by atoms with E-state index >= 15 is 0 Å². The maximum absolute atomic E-state index is 12.5. The predicted molar refractivity (Wildman–Crippen MR) is 90.4 cm³/mol. The number of carbonyl (C=O) groups excluding carboxylic acids is 2. The van der Waals surface area contributed by atoms with Crippen LogP contribution in [0.1, 0.15) is 28.7 Å². The van der Waals surface area contributed by atoms with E-state index in [1.807, 2.05) is 31.2 Å². The Bertz CT molecular complexity index is 772. The fourth-order valence-electron chi connectivity index (χ4n) is 2.63. The summed E-state index contributed by atoms with van der Waals surface area (Å²) in [4.78, 5) is 27.4. The van der Waals surface area contributed by atoms with E-state index in [4.69, 9.17) is 9.26 Å². The molecule has 0 atom stereocenters. The van der Waals surface area contributed by atoms with E-state index < -0.39 is 5.97 Å². The molecule has 1 aliphatic rings. The number of para-hydroxylation sites is 1. The highest BCUT2D eigenvalue weighted by Crippen LogP contribution is 2.34. The predicted octanol–water partition coefficient (Wildman–Crippen LogP) is 2.84. The summed E-state index contributed by atoms with van der Waals surface area (Å²) in [5.74, 6) is 0.424. The molecule has 6 nitrogen and oxygen atoms in total. The average molecular weight is 346 g/mol. The molecular weight excluding hydrogens is 328 g/mol. The van der Waals surface area contributed by atoms with Crippen LogP contribution in [0.2, 0.25) is 0 Å². The van der Waals surface area contributed by atoms with Gasteiger partial charge in [0.05, 0.1) is 11.4 Å². The monoisotopic (exact) mass is 346 g/mol. The Kier molecular flexibility index (Phi) is 4.89. The van der Waals surface area contributed by atoms with Crippen LogP contribution in [0.5, 0.6) is 0 Å². The van der Waals surface area contributed by atoms with Gasteiger partial charge in [-0.05, 0) is 25.5 Å². The summed E-state index contributed by atoms with van der Waals surface area (Å²) in [5.41, 5.74) is 1.73. The summed E-state index contributed by atoms with van der Waals surface area (Å²) in [5, 5.41) is 3.83. The second kappa shape index (κ2) is 7.09. The van der Waals surface area contributed by atoms with Crippen molar-refractivity contribution in [3.05, 3.63) is 41.3 Å². The van der Waals surface area contributed by atoms with Gasteiger partial charge >= 0.3 is 5.97 Å². The number of rotatable bonds is 4. The highest BCUT2D eigenvalue weighted by molar-refractivity contribution is 7.99. The Labute approximate surface area is 144 Å². The van der Waals surface area contributed by atoms with Gasteiger partial charge in [0, 0.05) is 17.2 Å². The van der Waals surface area contributed by atoms with E-state index in [0.717, 1.165) is 16.3 Å². The first-order chi connectivity index (χ1) is 11.6. The molecular formula is C17H18N2O4S. The number of hydrogen-bond donors (Lipinski definition) is 0. The minimum Gasteiger partial charge on any atom is -0.452 e. The lowest BCUT2D eigenvalue weighted by Gasteiger charge is -2.28. The average Bonchev–Trinajstić information content (AvgIpc) is 2.99. The van der Waals surface area contributed by atoms with Gasteiger partial charge in [-0.3, -0.25) is 4.79 Å². The van der Waals surface area contributed by atoms with Crippen molar-refractivity contribution in [2.45, 2.75) is 25.2 Å². The highest BCUT2D eigenvalue weighted by atomic mass is 32.2. The lowest BCUT2D eigenvalue weighted by Crippen LogP contribution is -2.38. The largest absolute Gasteiger partial charge is 0.452 e. The molecule has 7 heteroatoms. The topological polar surface area (TPSA) is 72.6 Å². The standard InChI is InChI=1S/C17H18N2O4S/c1-3-12-16(11(2)23-18-12)17(21)22-10-15(20)19-8-9-24-14-7-5-4-6-13(14)19/h4-7H,3,8-10H2,1-2H3. The van der Waals surface area contributed by atoms with Crippen LogP contribution in [0.4, 0.5) is 5.69 Å². The molecule has 1 aromatic heterocycles. The molecule has 24 heavy (non-hydrogen) atoms. The van der Waals surface area contributed by atoms with Crippen LogP contribution < -0.4 is 4.90 Å². The number of amides is 1. The van der Waals surface area contributed by atoms with Gasteiger partial charge in [0.15, 0.2) is 6.61 Å². The van der Waals surface area contributed by atoms with Crippen LogP contribution >= 0.6 is 11.8 Å². The number of aryl methyl sites for hydroxylation is 2. The van der Waals surface area contributed by atoms with Crippen molar-refractivity contribution >= 4 is 29.3 Å². The number of esters is 1. The van der Waals surface area contributed by atoms with Gasteiger partial charge in [-0.25, -0.2) is 4.79 Å². The Hall–Kier alpha value is -2.28. The molecule has 1 aliphatic heterocycles. The molecule has 0 radical (unpaired) electrons. The maximum atomic E-state index is 12.5. The van der Waals surface area contributed by atoms with Crippen molar-refractivity contribution in [1.82, 2.24) is 5.16 Å². The molecule has 0 saturated carbocycles. The number of anilines is 1. The third-order valence-electron chi connectivity index (χ3n) is 3.83. The number of aromatic nitrogens is 1. The smallest absolute Gasteiger partial charge is 0.344 e. The third kappa shape index (κ3) is 3.17. The summed E-state index contributed by atoms with van der Waals surface area (Å²) < 4.78 is 10.2. The molecule has 2 heterocycles. The first kappa shape index (κ1) is 16.6. The SMILES string of the molecule is CCc1noc(C)c1C(=O)OCC(=O)N1CCSc2ccccc21. The zero-order valence-electron chi connectivity index (χ0n) is 13.6. The molecule has 0 bridgehead atoms. The quantitative estimate of drug-likeness (QED) is 0.793. The zero-order chi connectivity index (χ0) is 17.1. The molecule has 0 saturated heterocycles. The minimum atomic E-state index is -0.571. The molecule has 0 unspecified atom stereocenters. The van der Waals surface area contributed by atoms with Crippen LogP contribution in [0, 0.1) is 6.92 Å².